The Morgan fingerprint density at radius 1 is 0.952 bits per heavy atom. The minimum Gasteiger partial charge on any atom is -0.314 e. The zero-order chi connectivity index (χ0) is 14.7. The van der Waals surface area contributed by atoms with Crippen molar-refractivity contribution < 1.29 is 4.39 Å². The van der Waals surface area contributed by atoms with E-state index in [0.717, 1.165) is 31.7 Å². The monoisotopic (exact) mass is 284 g/mol. The number of benzene rings is 2. The number of hydrogen-bond acceptors (Lipinski definition) is 2. The molecule has 3 heteroatoms. The molecule has 1 fully saturated rings. The van der Waals surface area contributed by atoms with E-state index in [1.807, 2.05) is 24.3 Å². The van der Waals surface area contributed by atoms with Crippen LogP contribution in [0.2, 0.25) is 0 Å². The summed E-state index contributed by atoms with van der Waals surface area (Å²) in [4.78, 5) is 2.37. The van der Waals surface area contributed by atoms with E-state index in [9.17, 15) is 4.39 Å². The molecule has 1 atom stereocenters. The van der Waals surface area contributed by atoms with Gasteiger partial charge in [-0.15, -0.1) is 0 Å². The highest BCUT2D eigenvalue weighted by atomic mass is 19.1. The van der Waals surface area contributed by atoms with Gasteiger partial charge >= 0.3 is 0 Å². The molecular weight excluding hydrogens is 263 g/mol. The second-order valence-electron chi connectivity index (χ2n) is 5.57. The Hall–Kier alpha value is -1.71. The van der Waals surface area contributed by atoms with E-state index in [1.54, 1.807) is 12.1 Å². The van der Waals surface area contributed by atoms with Crippen molar-refractivity contribution in [1.29, 1.82) is 0 Å². The molecule has 2 aromatic rings. The average Bonchev–Trinajstić information content (AvgIpc) is 2.52. The average molecular weight is 284 g/mol. The van der Waals surface area contributed by atoms with Crippen molar-refractivity contribution >= 4 is 0 Å². The molecule has 0 radical (unpaired) electrons. The summed E-state index contributed by atoms with van der Waals surface area (Å²) in [5.41, 5.74) is 3.18. The molecule has 21 heavy (non-hydrogen) atoms. The van der Waals surface area contributed by atoms with Gasteiger partial charge in [-0.05, 0) is 24.1 Å². The van der Waals surface area contributed by atoms with Crippen LogP contribution in [0.3, 0.4) is 0 Å². The number of nitrogens with zero attached hydrogens (tertiary/aromatic N) is 1. The standard InChI is InChI=1S/C18H21FN2/c1-14-6-2-3-7-15(14)18(21-12-10-20-11-13-21)16-8-4-5-9-17(16)19/h2-9,18,20H,10-13H2,1H3. The van der Waals surface area contributed by atoms with Gasteiger partial charge in [0.25, 0.3) is 0 Å². The third-order valence-corrected chi connectivity index (χ3v) is 4.20. The fraction of sp³-hybridized carbons (Fsp3) is 0.333. The van der Waals surface area contributed by atoms with E-state index in [2.05, 4.69) is 29.3 Å². The van der Waals surface area contributed by atoms with Crippen LogP contribution in [0.5, 0.6) is 0 Å². The van der Waals surface area contributed by atoms with Gasteiger partial charge in [-0.1, -0.05) is 42.5 Å². The molecule has 3 rings (SSSR count). The molecule has 0 aromatic heterocycles. The van der Waals surface area contributed by atoms with Crippen molar-refractivity contribution in [2.75, 3.05) is 26.2 Å². The van der Waals surface area contributed by atoms with Crippen molar-refractivity contribution in [3.8, 4) is 0 Å². The molecule has 1 saturated heterocycles. The SMILES string of the molecule is Cc1ccccc1C(c1ccccc1F)N1CCNCC1. The van der Waals surface area contributed by atoms with Gasteiger partial charge in [-0.25, -0.2) is 4.39 Å². The molecule has 1 N–H and O–H groups in total. The van der Waals surface area contributed by atoms with Crippen LogP contribution in [0.4, 0.5) is 4.39 Å². The molecule has 0 spiro atoms. The minimum absolute atomic E-state index is 0.00509. The summed E-state index contributed by atoms with van der Waals surface area (Å²) in [6.07, 6.45) is 0. The molecule has 110 valence electrons. The van der Waals surface area contributed by atoms with Gasteiger partial charge in [0.05, 0.1) is 6.04 Å². The molecule has 2 nitrogen and oxygen atoms in total. The first-order valence-corrected chi connectivity index (χ1v) is 7.52. The lowest BCUT2D eigenvalue weighted by atomic mass is 9.93. The Morgan fingerprint density at radius 2 is 1.57 bits per heavy atom. The van der Waals surface area contributed by atoms with Crippen molar-refractivity contribution in [2.24, 2.45) is 0 Å². The normalized spacial score (nSPS) is 17.6. The highest BCUT2D eigenvalue weighted by Gasteiger charge is 2.26. The number of aryl methyl sites for hydroxylation is 1. The van der Waals surface area contributed by atoms with Crippen LogP contribution >= 0.6 is 0 Å². The highest BCUT2D eigenvalue weighted by molar-refractivity contribution is 5.37. The Labute approximate surface area is 125 Å². The first-order valence-electron chi connectivity index (χ1n) is 7.52. The van der Waals surface area contributed by atoms with Gasteiger partial charge in [0, 0.05) is 31.7 Å². The second-order valence-corrected chi connectivity index (χ2v) is 5.57. The van der Waals surface area contributed by atoms with Gasteiger partial charge in [0.2, 0.25) is 0 Å². The van der Waals surface area contributed by atoms with Crippen LogP contribution in [0.25, 0.3) is 0 Å². The summed E-state index contributed by atoms with van der Waals surface area (Å²) in [6.45, 7) is 5.89. The predicted octanol–water partition coefficient (Wildman–Crippen LogP) is 3.13. The summed E-state index contributed by atoms with van der Waals surface area (Å²) in [7, 11) is 0. The van der Waals surface area contributed by atoms with E-state index in [0.29, 0.717) is 0 Å². The van der Waals surface area contributed by atoms with E-state index >= 15 is 0 Å². The molecular formula is C18H21FN2. The number of nitrogens with one attached hydrogen (secondary N) is 1. The van der Waals surface area contributed by atoms with Crippen LogP contribution in [-0.2, 0) is 0 Å². The van der Waals surface area contributed by atoms with Crippen LogP contribution in [0, 0.1) is 12.7 Å². The van der Waals surface area contributed by atoms with E-state index in [1.165, 1.54) is 11.1 Å². The van der Waals surface area contributed by atoms with Crippen molar-refractivity contribution in [2.45, 2.75) is 13.0 Å². The second kappa shape index (κ2) is 6.37. The molecule has 1 aliphatic rings. The Kier molecular flexibility index (Phi) is 4.32. The largest absolute Gasteiger partial charge is 0.314 e. The topological polar surface area (TPSA) is 15.3 Å². The first-order chi connectivity index (χ1) is 10.3. The zero-order valence-electron chi connectivity index (χ0n) is 12.3. The number of halogens is 1. The fourth-order valence-corrected chi connectivity index (χ4v) is 3.09. The van der Waals surface area contributed by atoms with Crippen molar-refractivity contribution in [3.05, 3.63) is 71.0 Å². The Bertz CT molecular complexity index is 560. The molecule has 0 bridgehead atoms. The maximum atomic E-state index is 14.4. The lowest BCUT2D eigenvalue weighted by Gasteiger charge is -2.36. The quantitative estimate of drug-likeness (QED) is 0.931. The molecule has 0 saturated carbocycles. The Balaban J connectivity index is 2.07. The van der Waals surface area contributed by atoms with Gasteiger partial charge in [0.1, 0.15) is 5.82 Å². The van der Waals surface area contributed by atoms with Gasteiger partial charge < -0.3 is 5.32 Å². The maximum absolute atomic E-state index is 14.4. The molecule has 1 heterocycles. The van der Waals surface area contributed by atoms with E-state index in [-0.39, 0.29) is 11.9 Å². The maximum Gasteiger partial charge on any atom is 0.128 e. The lowest BCUT2D eigenvalue weighted by molar-refractivity contribution is 0.195. The smallest absolute Gasteiger partial charge is 0.128 e. The summed E-state index contributed by atoms with van der Waals surface area (Å²) in [6, 6.07) is 15.4. The molecule has 0 amide bonds. The number of hydrogen-bond donors (Lipinski definition) is 1. The van der Waals surface area contributed by atoms with Crippen molar-refractivity contribution in [3.63, 3.8) is 0 Å². The summed E-state index contributed by atoms with van der Waals surface area (Å²) >= 11 is 0. The van der Waals surface area contributed by atoms with Crippen LogP contribution in [0.1, 0.15) is 22.7 Å². The number of piperazine rings is 1. The van der Waals surface area contributed by atoms with E-state index < -0.39 is 0 Å². The van der Waals surface area contributed by atoms with Crippen LogP contribution in [0.15, 0.2) is 48.5 Å². The predicted molar refractivity (Wildman–Crippen MR) is 83.9 cm³/mol. The first kappa shape index (κ1) is 14.2. The summed E-state index contributed by atoms with van der Waals surface area (Å²) in [5.74, 6) is -0.121. The number of rotatable bonds is 3. The van der Waals surface area contributed by atoms with Gasteiger partial charge in [-0.2, -0.15) is 0 Å². The zero-order valence-corrected chi connectivity index (χ0v) is 12.3. The lowest BCUT2D eigenvalue weighted by Crippen LogP contribution is -2.45. The fourth-order valence-electron chi connectivity index (χ4n) is 3.09. The summed E-state index contributed by atoms with van der Waals surface area (Å²) < 4.78 is 14.4. The molecule has 2 aromatic carbocycles. The summed E-state index contributed by atoms with van der Waals surface area (Å²) in [5, 5.41) is 3.37. The van der Waals surface area contributed by atoms with Crippen LogP contribution in [-0.4, -0.2) is 31.1 Å². The molecule has 0 aliphatic carbocycles. The van der Waals surface area contributed by atoms with Crippen molar-refractivity contribution in [1.82, 2.24) is 10.2 Å². The molecule has 1 aliphatic heterocycles. The molecule has 1 unspecified atom stereocenters. The third kappa shape index (κ3) is 2.99. The highest BCUT2D eigenvalue weighted by Crippen LogP contribution is 2.32. The van der Waals surface area contributed by atoms with Gasteiger partial charge in [0.15, 0.2) is 0 Å². The van der Waals surface area contributed by atoms with Gasteiger partial charge in [-0.3, -0.25) is 4.90 Å². The minimum atomic E-state index is -0.121. The van der Waals surface area contributed by atoms with E-state index in [4.69, 9.17) is 0 Å². The third-order valence-electron chi connectivity index (χ3n) is 4.20. The Morgan fingerprint density at radius 3 is 2.24 bits per heavy atom. The van der Waals surface area contributed by atoms with Crippen LogP contribution < -0.4 is 5.32 Å².